The third-order valence-electron chi connectivity index (χ3n) is 6.15. The van der Waals surface area contributed by atoms with Crippen molar-refractivity contribution >= 4 is 42.8 Å². The summed E-state index contributed by atoms with van der Waals surface area (Å²) < 4.78 is 5.79. The van der Waals surface area contributed by atoms with E-state index in [0.29, 0.717) is 6.10 Å². The molecule has 0 saturated carbocycles. The van der Waals surface area contributed by atoms with Crippen molar-refractivity contribution in [1.82, 2.24) is 4.98 Å². The zero-order valence-electron chi connectivity index (χ0n) is 17.2. The molecule has 6 rings (SSSR count). The highest BCUT2D eigenvalue weighted by Crippen LogP contribution is 2.38. The first-order chi connectivity index (χ1) is 14.8. The minimum absolute atomic E-state index is 0.335. The van der Waals surface area contributed by atoms with Crippen LogP contribution < -0.4 is 0 Å². The zero-order valence-corrected chi connectivity index (χ0v) is 19.2. The van der Waals surface area contributed by atoms with Crippen LogP contribution in [0.25, 0.3) is 32.3 Å². The van der Waals surface area contributed by atoms with Gasteiger partial charge in [0.05, 0.1) is 6.10 Å². The molecular formula is C27H25NOSi. The molecule has 0 bridgehead atoms. The van der Waals surface area contributed by atoms with E-state index in [2.05, 4.69) is 65.6 Å². The van der Waals surface area contributed by atoms with Crippen molar-refractivity contribution < 1.29 is 4.43 Å². The number of benzene rings is 4. The number of rotatable bonds is 1. The summed E-state index contributed by atoms with van der Waals surface area (Å²) in [5.41, 5.74) is 2.94. The quantitative estimate of drug-likeness (QED) is 0.255. The van der Waals surface area contributed by atoms with Crippen LogP contribution in [-0.4, -0.2) is 15.5 Å². The van der Waals surface area contributed by atoms with E-state index in [9.17, 15) is 0 Å². The number of aromatic nitrogens is 1. The lowest BCUT2D eigenvalue weighted by atomic mass is 9.85. The number of aryl methyl sites for hydroxylation is 1. The van der Waals surface area contributed by atoms with Gasteiger partial charge in [0.25, 0.3) is 0 Å². The van der Waals surface area contributed by atoms with E-state index >= 15 is 0 Å². The van der Waals surface area contributed by atoms with E-state index in [1.165, 1.54) is 62.7 Å². The number of hydrogen-bond acceptors (Lipinski definition) is 2. The predicted molar refractivity (Wildman–Crippen MR) is 130 cm³/mol. The minimum atomic E-state index is 0.335. The third-order valence-corrected chi connectivity index (χ3v) is 6.72. The highest BCUT2D eigenvalue weighted by atomic mass is 28.2. The van der Waals surface area contributed by atoms with Gasteiger partial charge in [0.15, 0.2) is 0 Å². The molecule has 1 aromatic heterocycles. The maximum absolute atomic E-state index is 5.79. The molecule has 1 aliphatic carbocycles. The molecule has 148 valence electrons. The van der Waals surface area contributed by atoms with Crippen LogP contribution >= 0.6 is 0 Å². The average molecular weight is 408 g/mol. The summed E-state index contributed by atoms with van der Waals surface area (Å²) in [5, 5.41) is 7.94. The van der Waals surface area contributed by atoms with E-state index in [4.69, 9.17) is 4.43 Å². The minimum Gasteiger partial charge on any atom is -0.421 e. The fraction of sp³-hybridized carbons (Fsp3) is 0.148. The Bertz CT molecular complexity index is 1270. The van der Waals surface area contributed by atoms with Crippen LogP contribution in [0.1, 0.15) is 30.1 Å². The second-order valence-electron chi connectivity index (χ2n) is 7.85. The lowest BCUT2D eigenvalue weighted by Gasteiger charge is -2.26. The van der Waals surface area contributed by atoms with Gasteiger partial charge < -0.3 is 4.43 Å². The van der Waals surface area contributed by atoms with Crippen LogP contribution in [-0.2, 0) is 10.8 Å². The lowest BCUT2D eigenvalue weighted by molar-refractivity contribution is 0.202. The molecule has 5 aromatic rings. The van der Waals surface area contributed by atoms with Gasteiger partial charge in [0.1, 0.15) is 10.5 Å². The van der Waals surface area contributed by atoms with Crippen molar-refractivity contribution in [2.45, 2.75) is 25.4 Å². The van der Waals surface area contributed by atoms with Crippen molar-refractivity contribution in [1.29, 1.82) is 0 Å². The van der Waals surface area contributed by atoms with E-state index in [0.717, 1.165) is 10.5 Å². The number of nitrogens with zero attached hydrogens (tertiary/aromatic N) is 1. The second kappa shape index (κ2) is 8.39. The molecule has 1 heterocycles. The maximum atomic E-state index is 5.79. The lowest BCUT2D eigenvalue weighted by Crippen LogP contribution is -2.12. The Kier molecular flexibility index (Phi) is 5.31. The molecule has 1 unspecified atom stereocenters. The summed E-state index contributed by atoms with van der Waals surface area (Å²) in [5.74, 6) is 0. The fourth-order valence-electron chi connectivity index (χ4n) is 4.64. The van der Waals surface area contributed by atoms with E-state index in [-0.39, 0.29) is 0 Å². The normalized spacial score (nSPS) is 15.7. The Balaban J connectivity index is 0.000000161. The summed E-state index contributed by atoms with van der Waals surface area (Å²) in [7, 11) is 0.816. The molecule has 4 aromatic carbocycles. The Morgan fingerprint density at radius 2 is 1.50 bits per heavy atom. The molecule has 30 heavy (non-hydrogen) atoms. The largest absolute Gasteiger partial charge is 0.421 e. The van der Waals surface area contributed by atoms with Crippen LogP contribution in [0.15, 0.2) is 91.3 Å². The Morgan fingerprint density at radius 1 is 0.733 bits per heavy atom. The summed E-state index contributed by atoms with van der Waals surface area (Å²) in [6.45, 7) is 0. The first kappa shape index (κ1) is 19.0. The number of pyridine rings is 1. The average Bonchev–Trinajstić information content (AvgIpc) is 2.83. The monoisotopic (exact) mass is 407 g/mol. The van der Waals surface area contributed by atoms with E-state index in [1.54, 1.807) is 0 Å². The summed E-state index contributed by atoms with van der Waals surface area (Å²) in [6, 6.07) is 28.0. The predicted octanol–water partition coefficient (Wildman–Crippen LogP) is 5.90. The van der Waals surface area contributed by atoms with Crippen molar-refractivity contribution in [2.24, 2.45) is 0 Å². The first-order valence-electron chi connectivity index (χ1n) is 10.6. The molecule has 0 fully saturated rings. The molecule has 0 aliphatic heterocycles. The van der Waals surface area contributed by atoms with Gasteiger partial charge in [-0.15, -0.1) is 0 Å². The first-order valence-corrected chi connectivity index (χ1v) is 11.4. The molecule has 0 amide bonds. The van der Waals surface area contributed by atoms with Crippen molar-refractivity contribution in [2.75, 3.05) is 0 Å². The van der Waals surface area contributed by atoms with E-state index in [1.807, 2.05) is 30.6 Å². The molecule has 0 N–H and O–H groups in total. The van der Waals surface area contributed by atoms with Crippen LogP contribution in [0.2, 0.25) is 0 Å². The molecule has 0 spiro atoms. The Hall–Kier alpha value is -3.01. The van der Waals surface area contributed by atoms with Gasteiger partial charge in [-0.2, -0.15) is 0 Å². The van der Waals surface area contributed by atoms with Crippen molar-refractivity contribution in [3.8, 4) is 0 Å². The molecule has 2 nitrogen and oxygen atoms in total. The van der Waals surface area contributed by atoms with Gasteiger partial charge in [-0.05, 0) is 68.8 Å². The summed E-state index contributed by atoms with van der Waals surface area (Å²) in [4.78, 5) is 4.01. The molecular weight excluding hydrogens is 382 g/mol. The highest BCUT2D eigenvalue weighted by molar-refractivity contribution is 6.08. The molecule has 3 heteroatoms. The van der Waals surface area contributed by atoms with Crippen LogP contribution in [0.3, 0.4) is 0 Å². The van der Waals surface area contributed by atoms with Gasteiger partial charge in [0.2, 0.25) is 0 Å². The van der Waals surface area contributed by atoms with Gasteiger partial charge in [-0.3, -0.25) is 4.98 Å². The molecule has 1 atom stereocenters. The van der Waals surface area contributed by atoms with Gasteiger partial charge in [-0.1, -0.05) is 72.8 Å². The fourth-order valence-corrected chi connectivity index (χ4v) is 5.13. The topological polar surface area (TPSA) is 22.1 Å². The van der Waals surface area contributed by atoms with Gasteiger partial charge in [-0.25, -0.2) is 0 Å². The highest BCUT2D eigenvalue weighted by Gasteiger charge is 2.21. The second-order valence-corrected chi connectivity index (χ2v) is 8.33. The van der Waals surface area contributed by atoms with Crippen molar-refractivity contribution in [3.05, 3.63) is 102 Å². The van der Waals surface area contributed by atoms with Gasteiger partial charge in [0, 0.05) is 12.4 Å². The van der Waals surface area contributed by atoms with Crippen molar-refractivity contribution in [3.63, 3.8) is 0 Å². The Labute approximate surface area is 180 Å². The van der Waals surface area contributed by atoms with Gasteiger partial charge >= 0.3 is 0 Å². The maximum Gasteiger partial charge on any atom is 0.146 e. The van der Waals surface area contributed by atoms with Crippen LogP contribution in [0.4, 0.5) is 0 Å². The third kappa shape index (κ3) is 3.51. The number of fused-ring (bicyclic) bond motifs is 6. The smallest absolute Gasteiger partial charge is 0.146 e. The molecule has 0 saturated heterocycles. The van der Waals surface area contributed by atoms with Crippen LogP contribution in [0.5, 0.6) is 0 Å². The summed E-state index contributed by atoms with van der Waals surface area (Å²) in [6.07, 6.45) is 7.62. The molecule has 0 radical (unpaired) electrons. The number of hydrogen-bond donors (Lipinski definition) is 0. The SMILES string of the molecule is [SiH3]OC1CCCc2c1ccc1c2ccc2ccccc21.c1ccc2cnccc2c1. The van der Waals surface area contributed by atoms with E-state index < -0.39 is 0 Å². The Morgan fingerprint density at radius 3 is 2.33 bits per heavy atom. The zero-order chi connectivity index (χ0) is 20.3. The standard InChI is InChI=1S/C18H18OSi.C9H7N/c20-19-18-7-3-6-14-16-9-8-12-4-1-2-5-13(12)15(16)10-11-17(14)18;1-2-4-9-7-10-6-5-8(9)3-1/h1-2,4-5,8-11,18H,3,6-7H2,20H3;1-7H. The summed E-state index contributed by atoms with van der Waals surface area (Å²) >= 11 is 0. The molecule has 1 aliphatic rings. The van der Waals surface area contributed by atoms with Crippen LogP contribution in [0, 0.1) is 0 Å².